The van der Waals surface area contributed by atoms with Crippen LogP contribution in [0.3, 0.4) is 0 Å². The van der Waals surface area contributed by atoms with Gasteiger partial charge in [-0.15, -0.1) is 11.3 Å². The molecule has 4 heteroatoms. The Labute approximate surface area is 324 Å². The van der Waals surface area contributed by atoms with Crippen LogP contribution in [0.25, 0.3) is 124 Å². The normalized spacial score (nSPS) is 12.3. The first-order valence-corrected chi connectivity index (χ1v) is 19.9. The quantitative estimate of drug-likeness (QED) is 0.166. The molecule has 13 rings (SSSR count). The van der Waals surface area contributed by atoms with Crippen molar-refractivity contribution < 1.29 is 0 Å². The Balaban J connectivity index is 1.26. The van der Waals surface area contributed by atoms with Crippen LogP contribution in [0.15, 0.2) is 176 Å². The summed E-state index contributed by atoms with van der Waals surface area (Å²) in [5.74, 6) is 0.831. The lowest BCUT2D eigenvalue weighted by molar-refractivity contribution is 1.08. The zero-order chi connectivity index (χ0) is 36.5. The van der Waals surface area contributed by atoms with E-state index in [2.05, 4.69) is 180 Å². The Morgan fingerprint density at radius 1 is 0.393 bits per heavy atom. The molecule has 258 valence electrons. The van der Waals surface area contributed by atoms with Crippen molar-refractivity contribution in [3.63, 3.8) is 0 Å². The van der Waals surface area contributed by atoms with Gasteiger partial charge in [0.05, 0.1) is 22.1 Å². The van der Waals surface area contributed by atoms with Crippen molar-refractivity contribution in [3.05, 3.63) is 176 Å². The summed E-state index contributed by atoms with van der Waals surface area (Å²) in [7, 11) is 0. The molecule has 0 radical (unpaired) electrons. The minimum Gasteiger partial charge on any atom is -0.292 e. The van der Waals surface area contributed by atoms with Gasteiger partial charge in [0.2, 0.25) is 0 Å². The molecule has 3 heterocycles. The first-order chi connectivity index (χ1) is 27.8. The van der Waals surface area contributed by atoms with E-state index in [0.717, 1.165) is 49.9 Å². The third-order valence-electron chi connectivity index (χ3n) is 11.9. The summed E-state index contributed by atoms with van der Waals surface area (Å²) in [6, 6.07) is 64.1. The van der Waals surface area contributed by atoms with E-state index in [-0.39, 0.29) is 0 Å². The topological polar surface area (TPSA) is 30.7 Å². The van der Waals surface area contributed by atoms with Gasteiger partial charge in [-0.05, 0) is 73.4 Å². The number of benzene rings is 10. The second-order valence-corrected chi connectivity index (χ2v) is 15.9. The van der Waals surface area contributed by atoms with E-state index in [1.807, 2.05) is 11.3 Å². The smallest absolute Gasteiger partial charge is 0.165 e. The maximum absolute atomic E-state index is 5.70. The summed E-state index contributed by atoms with van der Waals surface area (Å²) in [5.41, 5.74) is 5.98. The fourth-order valence-corrected chi connectivity index (χ4v) is 10.7. The Bertz CT molecular complexity index is 3800. The van der Waals surface area contributed by atoms with Crippen molar-refractivity contribution in [1.82, 2.24) is 14.5 Å². The lowest BCUT2D eigenvalue weighted by atomic mass is 9.91. The lowest BCUT2D eigenvalue weighted by Crippen LogP contribution is -2.04. The number of thiophene rings is 1. The number of nitrogens with zero attached hydrogens (tertiary/aromatic N) is 3. The highest BCUT2D eigenvalue weighted by Gasteiger charge is 2.24. The molecule has 0 saturated carbocycles. The van der Waals surface area contributed by atoms with E-state index in [1.165, 1.54) is 74.0 Å². The Morgan fingerprint density at radius 2 is 1.02 bits per heavy atom. The molecule has 0 aliphatic carbocycles. The molecule has 0 N–H and O–H groups in total. The van der Waals surface area contributed by atoms with Crippen LogP contribution in [-0.4, -0.2) is 14.5 Å². The van der Waals surface area contributed by atoms with Crippen LogP contribution >= 0.6 is 11.3 Å². The average Bonchev–Trinajstić information content (AvgIpc) is 3.80. The molecule has 3 aromatic heterocycles. The molecule has 3 nitrogen and oxygen atoms in total. The zero-order valence-electron chi connectivity index (χ0n) is 30.0. The van der Waals surface area contributed by atoms with Crippen LogP contribution in [0.1, 0.15) is 0 Å². The van der Waals surface area contributed by atoms with E-state index >= 15 is 0 Å². The number of hydrogen-bond donors (Lipinski definition) is 0. The number of rotatable bonds is 2. The Kier molecular flexibility index (Phi) is 6.04. The standard InChI is InChI=1S/C52H29N3S/c1-2-14-32-29-45-42(28-31(32)13-1)48-44(27-25-39-36-18-6-5-16-34(36)35-17-7-8-20-38(35)47(39)48)55(45)52-50(54-49-33-15-4-3-12-30(33)24-26-43(49)53-52)41-22-11-21-40-37-19-9-10-23-46(37)56-51(40)41/h1-29H. The molecule has 0 unspecified atom stereocenters. The van der Waals surface area contributed by atoms with E-state index in [4.69, 9.17) is 9.97 Å². The summed E-state index contributed by atoms with van der Waals surface area (Å²) in [4.78, 5) is 11.4. The fourth-order valence-electron chi connectivity index (χ4n) is 9.47. The molecule has 0 amide bonds. The molecule has 0 aliphatic rings. The molecule has 10 aromatic carbocycles. The highest BCUT2D eigenvalue weighted by Crippen LogP contribution is 2.47. The molecular weight excluding hydrogens is 699 g/mol. The van der Waals surface area contributed by atoms with Crippen molar-refractivity contribution >= 4 is 118 Å². The van der Waals surface area contributed by atoms with Crippen molar-refractivity contribution in [2.45, 2.75) is 0 Å². The van der Waals surface area contributed by atoms with Crippen LogP contribution in [0.4, 0.5) is 0 Å². The number of fused-ring (bicyclic) bond motifs is 17. The van der Waals surface area contributed by atoms with E-state index in [9.17, 15) is 0 Å². The second kappa shape index (κ2) is 11.2. The molecule has 0 saturated heterocycles. The maximum atomic E-state index is 5.70. The van der Waals surface area contributed by atoms with E-state index < -0.39 is 0 Å². The van der Waals surface area contributed by atoms with E-state index in [1.54, 1.807) is 0 Å². The predicted octanol–water partition coefficient (Wildman–Crippen LogP) is 14.5. The van der Waals surface area contributed by atoms with Gasteiger partial charge in [0.1, 0.15) is 5.69 Å². The van der Waals surface area contributed by atoms with Crippen molar-refractivity contribution in [2.75, 3.05) is 0 Å². The van der Waals surface area contributed by atoms with Gasteiger partial charge in [0, 0.05) is 47.3 Å². The van der Waals surface area contributed by atoms with Gasteiger partial charge in [-0.3, -0.25) is 4.57 Å². The van der Waals surface area contributed by atoms with Crippen molar-refractivity contribution in [2.24, 2.45) is 0 Å². The fraction of sp³-hybridized carbons (Fsp3) is 0. The van der Waals surface area contributed by atoms with E-state index in [0.29, 0.717) is 0 Å². The Hall–Kier alpha value is -7.14. The largest absolute Gasteiger partial charge is 0.292 e. The van der Waals surface area contributed by atoms with Gasteiger partial charge < -0.3 is 0 Å². The molecule has 56 heavy (non-hydrogen) atoms. The summed E-state index contributed by atoms with van der Waals surface area (Å²) < 4.78 is 4.89. The minimum absolute atomic E-state index is 0.831. The SMILES string of the molecule is c1ccc2cc3c(cc2c1)c1c2c4ccccc4c4ccccc4c2ccc1n3-c1nc2ccc3ccccc3c2nc1-c1cccc2c1sc1ccccc12. The van der Waals surface area contributed by atoms with Crippen molar-refractivity contribution in [3.8, 4) is 17.1 Å². The second-order valence-electron chi connectivity index (χ2n) is 14.9. The first-order valence-electron chi connectivity index (χ1n) is 19.1. The summed E-state index contributed by atoms with van der Waals surface area (Å²) >= 11 is 1.83. The lowest BCUT2D eigenvalue weighted by Gasteiger charge is -2.16. The molecule has 0 bridgehead atoms. The van der Waals surface area contributed by atoms with Crippen LogP contribution < -0.4 is 0 Å². The molecule has 0 atom stereocenters. The van der Waals surface area contributed by atoms with Crippen LogP contribution in [0, 0.1) is 0 Å². The monoisotopic (exact) mass is 727 g/mol. The molecule has 13 aromatic rings. The molecule has 0 aliphatic heterocycles. The molecule has 0 fully saturated rings. The minimum atomic E-state index is 0.831. The summed E-state index contributed by atoms with van der Waals surface area (Å²) in [6.07, 6.45) is 0. The summed E-state index contributed by atoms with van der Waals surface area (Å²) in [5, 5.41) is 17.2. The average molecular weight is 728 g/mol. The number of hydrogen-bond acceptors (Lipinski definition) is 3. The Morgan fingerprint density at radius 3 is 1.82 bits per heavy atom. The van der Waals surface area contributed by atoms with Gasteiger partial charge in [0.25, 0.3) is 0 Å². The highest BCUT2D eigenvalue weighted by molar-refractivity contribution is 7.26. The third kappa shape index (κ3) is 4.06. The van der Waals surface area contributed by atoms with Gasteiger partial charge in [-0.2, -0.15) is 0 Å². The maximum Gasteiger partial charge on any atom is 0.165 e. The molecular formula is C52H29N3S. The van der Waals surface area contributed by atoms with Gasteiger partial charge in [-0.1, -0.05) is 146 Å². The van der Waals surface area contributed by atoms with Gasteiger partial charge in [-0.25, -0.2) is 9.97 Å². The summed E-state index contributed by atoms with van der Waals surface area (Å²) in [6.45, 7) is 0. The van der Waals surface area contributed by atoms with Crippen LogP contribution in [0.2, 0.25) is 0 Å². The molecule has 0 spiro atoms. The van der Waals surface area contributed by atoms with Crippen LogP contribution in [0.5, 0.6) is 0 Å². The first kappa shape index (κ1) is 30.2. The van der Waals surface area contributed by atoms with Gasteiger partial charge in [0.15, 0.2) is 5.82 Å². The number of aromatic nitrogens is 3. The third-order valence-corrected chi connectivity index (χ3v) is 13.1. The van der Waals surface area contributed by atoms with Crippen LogP contribution in [-0.2, 0) is 0 Å². The zero-order valence-corrected chi connectivity index (χ0v) is 30.8. The van der Waals surface area contributed by atoms with Crippen molar-refractivity contribution in [1.29, 1.82) is 0 Å². The predicted molar refractivity (Wildman–Crippen MR) is 240 cm³/mol. The highest BCUT2D eigenvalue weighted by atomic mass is 32.1. The van der Waals surface area contributed by atoms with Gasteiger partial charge >= 0.3 is 0 Å².